The minimum absolute atomic E-state index is 0.216. The van der Waals surface area contributed by atoms with Gasteiger partial charge < -0.3 is 0 Å². The summed E-state index contributed by atoms with van der Waals surface area (Å²) in [6.07, 6.45) is 0. The largest absolute Gasteiger partial charge is 0.280 e. The molecule has 0 fully saturated rings. The maximum Gasteiger partial charge on any atom is 0.280 e. The van der Waals surface area contributed by atoms with Crippen LogP contribution in [0.5, 0.6) is 0 Å². The molecule has 0 spiro atoms. The Morgan fingerprint density at radius 1 is 1.08 bits per heavy atom. The molecule has 0 saturated heterocycles. The molecule has 2 aromatic carbocycles. The van der Waals surface area contributed by atoms with Gasteiger partial charge in [-0.3, -0.25) is 4.79 Å². The summed E-state index contributed by atoms with van der Waals surface area (Å²) in [7, 11) is 0. The lowest BCUT2D eigenvalue weighted by Crippen LogP contribution is -2.29. The molecule has 1 atom stereocenters. The molecule has 2 aromatic rings. The summed E-state index contributed by atoms with van der Waals surface area (Å²) in [4.78, 5) is 12.6. The number of amides is 1. The van der Waals surface area contributed by atoms with E-state index in [9.17, 15) is 4.79 Å². The summed E-state index contributed by atoms with van der Waals surface area (Å²) in [5.74, 6) is -0.216. The second-order valence-corrected chi connectivity index (χ2v) is 7.69. The molecule has 0 bridgehead atoms. The molecular formula is C16H11Br3N4O. The lowest BCUT2D eigenvalue weighted by Gasteiger charge is -2.12. The molecule has 5 nitrogen and oxygen atoms in total. The summed E-state index contributed by atoms with van der Waals surface area (Å²) in [6, 6.07) is 12.3. The van der Waals surface area contributed by atoms with Crippen LogP contribution in [0.1, 0.15) is 6.92 Å². The number of nitrogens with zero attached hydrogens (tertiary/aromatic N) is 4. The van der Waals surface area contributed by atoms with Gasteiger partial charge in [0.25, 0.3) is 5.91 Å². The van der Waals surface area contributed by atoms with Crippen molar-refractivity contribution in [2.45, 2.75) is 13.0 Å². The second-order valence-electron chi connectivity index (χ2n) is 5.06. The van der Waals surface area contributed by atoms with Crippen molar-refractivity contribution >= 4 is 70.8 Å². The summed E-state index contributed by atoms with van der Waals surface area (Å²) in [5.41, 5.74) is 1.94. The average Bonchev–Trinajstić information content (AvgIpc) is 2.82. The van der Waals surface area contributed by atoms with Gasteiger partial charge in [-0.2, -0.15) is 20.3 Å². The Morgan fingerprint density at radius 3 is 2.33 bits per heavy atom. The zero-order chi connectivity index (χ0) is 17.3. The SMILES string of the molecule is CC1=NN(c2ccccc2)C(=O)[C@@H]1N=Nc1c(Br)cc(Br)cc1Br. The lowest BCUT2D eigenvalue weighted by atomic mass is 10.2. The van der Waals surface area contributed by atoms with Crippen LogP contribution >= 0.6 is 47.8 Å². The minimum atomic E-state index is -0.715. The summed E-state index contributed by atoms with van der Waals surface area (Å²) in [5, 5.41) is 14.1. The molecule has 122 valence electrons. The molecule has 0 saturated carbocycles. The number of rotatable bonds is 3. The number of carbonyl (C=O) groups excluding carboxylic acids is 1. The fraction of sp³-hybridized carbons (Fsp3) is 0.125. The number of para-hydroxylation sites is 1. The van der Waals surface area contributed by atoms with Crippen molar-refractivity contribution in [1.29, 1.82) is 0 Å². The van der Waals surface area contributed by atoms with E-state index in [1.165, 1.54) is 5.01 Å². The highest BCUT2D eigenvalue weighted by Crippen LogP contribution is 2.37. The topological polar surface area (TPSA) is 57.4 Å². The van der Waals surface area contributed by atoms with Gasteiger partial charge in [-0.1, -0.05) is 34.1 Å². The molecule has 0 radical (unpaired) electrons. The Morgan fingerprint density at radius 2 is 1.71 bits per heavy atom. The Balaban J connectivity index is 1.87. The van der Waals surface area contributed by atoms with Crippen molar-refractivity contribution < 1.29 is 4.79 Å². The van der Waals surface area contributed by atoms with Crippen molar-refractivity contribution in [3.05, 3.63) is 55.9 Å². The quantitative estimate of drug-likeness (QED) is 0.474. The maximum absolute atomic E-state index is 12.6. The molecule has 24 heavy (non-hydrogen) atoms. The monoisotopic (exact) mass is 512 g/mol. The van der Waals surface area contributed by atoms with Gasteiger partial charge in [0.15, 0.2) is 6.04 Å². The van der Waals surface area contributed by atoms with Crippen molar-refractivity contribution in [2.24, 2.45) is 15.3 Å². The summed E-state index contributed by atoms with van der Waals surface area (Å²) >= 11 is 10.3. The van der Waals surface area contributed by atoms with Crippen LogP contribution < -0.4 is 5.01 Å². The first kappa shape index (κ1) is 17.4. The molecule has 1 aliphatic heterocycles. The third kappa shape index (κ3) is 3.50. The number of hydrogen-bond donors (Lipinski definition) is 0. The van der Waals surface area contributed by atoms with Crippen LogP contribution in [0.4, 0.5) is 11.4 Å². The minimum Gasteiger partial charge on any atom is -0.269 e. The predicted octanol–water partition coefficient (Wildman–Crippen LogP) is 5.85. The first-order chi connectivity index (χ1) is 11.5. The Bertz CT molecular complexity index is 829. The van der Waals surface area contributed by atoms with Gasteiger partial charge >= 0.3 is 0 Å². The zero-order valence-corrected chi connectivity index (χ0v) is 17.2. The van der Waals surface area contributed by atoms with E-state index in [1.54, 1.807) is 6.92 Å². The Kier molecular flexibility index (Phi) is 5.27. The van der Waals surface area contributed by atoms with Crippen molar-refractivity contribution in [1.82, 2.24) is 0 Å². The second kappa shape index (κ2) is 7.25. The first-order valence-electron chi connectivity index (χ1n) is 6.97. The highest BCUT2D eigenvalue weighted by Gasteiger charge is 2.34. The number of anilines is 1. The van der Waals surface area contributed by atoms with Gasteiger partial charge in [0.05, 0.1) is 11.4 Å². The van der Waals surface area contributed by atoms with Crippen LogP contribution in [0, 0.1) is 0 Å². The van der Waals surface area contributed by atoms with E-state index >= 15 is 0 Å². The van der Waals surface area contributed by atoms with Crippen molar-refractivity contribution in [3.8, 4) is 0 Å². The summed E-state index contributed by atoms with van der Waals surface area (Å²) in [6.45, 7) is 1.77. The maximum atomic E-state index is 12.6. The lowest BCUT2D eigenvalue weighted by molar-refractivity contribution is -0.117. The van der Waals surface area contributed by atoms with E-state index < -0.39 is 6.04 Å². The van der Waals surface area contributed by atoms with Crippen LogP contribution in [0.15, 0.2) is 71.2 Å². The Hall–Kier alpha value is -1.38. The van der Waals surface area contributed by atoms with Crippen LogP contribution in [-0.2, 0) is 4.79 Å². The van der Waals surface area contributed by atoms with Gasteiger partial charge in [0.2, 0.25) is 0 Å². The summed E-state index contributed by atoms with van der Waals surface area (Å²) < 4.78 is 2.45. The van der Waals surface area contributed by atoms with E-state index in [1.807, 2.05) is 42.5 Å². The third-order valence-electron chi connectivity index (χ3n) is 3.35. The highest BCUT2D eigenvalue weighted by atomic mass is 79.9. The number of benzene rings is 2. The number of halogens is 3. The Labute approximate surface area is 164 Å². The molecule has 0 aromatic heterocycles. The molecule has 8 heteroatoms. The van der Waals surface area contributed by atoms with Crippen molar-refractivity contribution in [2.75, 3.05) is 5.01 Å². The predicted molar refractivity (Wildman–Crippen MR) is 105 cm³/mol. The molecule has 1 amide bonds. The molecule has 0 aliphatic carbocycles. The molecule has 1 heterocycles. The number of carbonyl (C=O) groups is 1. The van der Waals surface area contributed by atoms with Gasteiger partial charge in [0.1, 0.15) is 5.69 Å². The van der Waals surface area contributed by atoms with Gasteiger partial charge in [-0.25, -0.2) is 0 Å². The average molecular weight is 515 g/mol. The fourth-order valence-corrected chi connectivity index (χ4v) is 4.61. The van der Waals surface area contributed by atoms with Crippen molar-refractivity contribution in [3.63, 3.8) is 0 Å². The zero-order valence-electron chi connectivity index (χ0n) is 12.4. The molecule has 0 unspecified atom stereocenters. The standard InChI is InChI=1S/C16H11Br3N4O/c1-9-14(16(24)23(22-9)11-5-3-2-4-6-11)20-21-15-12(18)7-10(17)8-13(15)19/h2-8,14H,1H3/t14-/m1/s1. The van der Waals surface area contributed by atoms with Crippen LogP contribution in [0.3, 0.4) is 0 Å². The van der Waals surface area contributed by atoms with E-state index in [0.717, 1.165) is 13.4 Å². The number of hydrazone groups is 1. The third-order valence-corrected chi connectivity index (χ3v) is 5.02. The van der Waals surface area contributed by atoms with E-state index in [-0.39, 0.29) is 5.91 Å². The van der Waals surface area contributed by atoms with Crippen LogP contribution in [0.25, 0.3) is 0 Å². The van der Waals surface area contributed by atoms with Crippen LogP contribution in [-0.4, -0.2) is 17.7 Å². The van der Waals surface area contributed by atoms with Gasteiger partial charge in [-0.15, -0.1) is 0 Å². The van der Waals surface area contributed by atoms with Gasteiger partial charge in [0, 0.05) is 13.4 Å². The fourth-order valence-electron chi connectivity index (χ4n) is 2.19. The van der Waals surface area contributed by atoms with Crippen LogP contribution in [0.2, 0.25) is 0 Å². The first-order valence-corrected chi connectivity index (χ1v) is 9.35. The molecular weight excluding hydrogens is 504 g/mol. The van der Waals surface area contributed by atoms with E-state index in [2.05, 4.69) is 63.1 Å². The van der Waals surface area contributed by atoms with E-state index in [4.69, 9.17) is 0 Å². The molecule has 0 N–H and O–H groups in total. The molecule has 1 aliphatic rings. The number of hydrogen-bond acceptors (Lipinski definition) is 4. The van der Waals surface area contributed by atoms with Gasteiger partial charge in [-0.05, 0) is 63.0 Å². The smallest absolute Gasteiger partial charge is 0.269 e. The normalized spacial score (nSPS) is 17.7. The number of azo groups is 1. The van der Waals surface area contributed by atoms with E-state index in [0.29, 0.717) is 17.1 Å². The molecule has 3 rings (SSSR count). The highest BCUT2D eigenvalue weighted by molar-refractivity contribution is 9.11.